The zero-order valence-corrected chi connectivity index (χ0v) is 23.1. The fraction of sp³-hybridized carbons (Fsp3) is 0.448. The first-order chi connectivity index (χ1) is 18.9. The Morgan fingerprint density at radius 3 is 2.77 bits per heavy atom. The molecular formula is C29H37N7O3. The number of carbonyl (C=O) groups is 1. The lowest BCUT2D eigenvalue weighted by Crippen LogP contribution is -2.53. The molecule has 5 rings (SSSR count). The first-order valence-corrected chi connectivity index (χ1v) is 13.5. The van der Waals surface area contributed by atoms with Gasteiger partial charge in [0.15, 0.2) is 0 Å². The quantitative estimate of drug-likeness (QED) is 0.432. The lowest BCUT2D eigenvalue weighted by molar-refractivity contribution is -0.121. The van der Waals surface area contributed by atoms with Gasteiger partial charge in [-0.05, 0) is 43.0 Å². The van der Waals surface area contributed by atoms with Gasteiger partial charge in [0.05, 0.1) is 25.5 Å². The van der Waals surface area contributed by atoms with E-state index >= 15 is 0 Å². The second-order valence-corrected chi connectivity index (χ2v) is 10.3. The predicted molar refractivity (Wildman–Crippen MR) is 150 cm³/mol. The zero-order chi connectivity index (χ0) is 27.5. The summed E-state index contributed by atoms with van der Waals surface area (Å²) in [5.41, 5.74) is 6.94. The molecular weight excluding hydrogens is 494 g/mol. The third kappa shape index (κ3) is 5.73. The Balaban J connectivity index is 1.31. The molecule has 3 aromatic rings. The second-order valence-electron chi connectivity index (χ2n) is 10.3. The molecule has 3 heterocycles. The van der Waals surface area contributed by atoms with Crippen molar-refractivity contribution in [3.8, 4) is 5.88 Å². The van der Waals surface area contributed by atoms with E-state index < -0.39 is 0 Å². The fourth-order valence-corrected chi connectivity index (χ4v) is 5.45. The lowest BCUT2D eigenvalue weighted by atomic mass is 9.99. The van der Waals surface area contributed by atoms with Crippen molar-refractivity contribution in [3.05, 3.63) is 70.4 Å². The number of hydrogen-bond donors (Lipinski definition) is 2. The fourth-order valence-electron chi connectivity index (χ4n) is 5.45. The highest BCUT2D eigenvalue weighted by Gasteiger charge is 2.27. The van der Waals surface area contributed by atoms with Gasteiger partial charge in [-0.1, -0.05) is 18.2 Å². The van der Waals surface area contributed by atoms with Gasteiger partial charge in [-0.2, -0.15) is 0 Å². The molecule has 1 saturated heterocycles. The van der Waals surface area contributed by atoms with E-state index in [0.29, 0.717) is 24.7 Å². The highest BCUT2D eigenvalue weighted by Crippen LogP contribution is 2.37. The second kappa shape index (κ2) is 11.6. The lowest BCUT2D eigenvalue weighted by Gasteiger charge is -2.37. The average molecular weight is 532 g/mol. The molecule has 0 radical (unpaired) electrons. The Labute approximate surface area is 229 Å². The Kier molecular flexibility index (Phi) is 8.06. The maximum absolute atomic E-state index is 13.2. The van der Waals surface area contributed by atoms with Gasteiger partial charge in [0, 0.05) is 75.4 Å². The van der Waals surface area contributed by atoms with Gasteiger partial charge in [-0.15, -0.1) is 5.10 Å². The summed E-state index contributed by atoms with van der Waals surface area (Å²) in [7, 11) is 3.48. The van der Waals surface area contributed by atoms with Crippen LogP contribution in [0.3, 0.4) is 0 Å². The molecule has 10 heteroatoms. The Morgan fingerprint density at radius 1 is 1.23 bits per heavy atom. The number of piperazine rings is 1. The van der Waals surface area contributed by atoms with Crippen molar-refractivity contribution in [2.75, 3.05) is 51.8 Å². The molecule has 2 N–H and O–H groups in total. The Morgan fingerprint density at radius 2 is 2.03 bits per heavy atom. The van der Waals surface area contributed by atoms with Crippen LogP contribution in [0, 0.1) is 6.92 Å². The molecule has 1 amide bonds. The molecule has 2 aromatic heterocycles. The van der Waals surface area contributed by atoms with E-state index in [0.717, 1.165) is 71.8 Å². The first kappa shape index (κ1) is 27.0. The van der Waals surface area contributed by atoms with Crippen LogP contribution in [-0.2, 0) is 24.7 Å². The summed E-state index contributed by atoms with van der Waals surface area (Å²) < 4.78 is 7.13. The van der Waals surface area contributed by atoms with Gasteiger partial charge < -0.3 is 15.2 Å². The van der Waals surface area contributed by atoms with E-state index in [2.05, 4.69) is 37.3 Å². The number of carbonyl (C=O) groups excluding carboxylic acids is 1. The summed E-state index contributed by atoms with van der Waals surface area (Å²) in [6, 6.07) is 5.83. The molecule has 0 spiro atoms. The van der Waals surface area contributed by atoms with Gasteiger partial charge in [0.2, 0.25) is 11.8 Å². The molecule has 1 aliphatic heterocycles. The number of hydrogen-bond acceptors (Lipinski definition) is 8. The van der Waals surface area contributed by atoms with Crippen molar-refractivity contribution in [2.24, 2.45) is 7.05 Å². The molecule has 2 aliphatic rings. The number of rotatable bonds is 9. The molecule has 206 valence electrons. The van der Waals surface area contributed by atoms with Crippen molar-refractivity contribution in [1.82, 2.24) is 29.5 Å². The van der Waals surface area contributed by atoms with Gasteiger partial charge in [-0.25, -0.2) is 9.97 Å². The number of nitrogens with one attached hydrogen (secondary N) is 1. The van der Waals surface area contributed by atoms with E-state index in [4.69, 9.17) is 9.72 Å². The van der Waals surface area contributed by atoms with E-state index in [-0.39, 0.29) is 18.6 Å². The first-order valence-electron chi connectivity index (χ1n) is 13.5. The molecule has 39 heavy (non-hydrogen) atoms. The van der Waals surface area contributed by atoms with Crippen LogP contribution < -0.4 is 10.1 Å². The normalized spacial score (nSPS) is 16.6. The van der Waals surface area contributed by atoms with Crippen LogP contribution in [0.2, 0.25) is 0 Å². The number of β-amino-alcohol motifs (C(OH)–C–C–N with tert-alkyl or cyclic N) is 1. The van der Waals surface area contributed by atoms with Crippen molar-refractivity contribution < 1.29 is 14.6 Å². The SMILES string of the molecule is COc1nn(C)cc1Cc1ncc(C)c(C2=CCc3c(NC(=O)[C@@H](C)N4CCN(CCO)CC4)cccc32)n1. The number of ether oxygens (including phenoxy) is 1. The number of aromatic nitrogens is 4. The van der Waals surface area contributed by atoms with Crippen molar-refractivity contribution in [2.45, 2.75) is 32.7 Å². The minimum Gasteiger partial charge on any atom is -0.480 e. The number of benzene rings is 1. The maximum Gasteiger partial charge on any atom is 0.241 e. The third-order valence-electron chi connectivity index (χ3n) is 7.67. The summed E-state index contributed by atoms with van der Waals surface area (Å²) in [6.07, 6.45) is 7.23. The Bertz CT molecular complexity index is 1380. The van der Waals surface area contributed by atoms with E-state index in [1.165, 1.54) is 0 Å². The monoisotopic (exact) mass is 531 g/mol. The van der Waals surface area contributed by atoms with E-state index in [9.17, 15) is 9.90 Å². The predicted octanol–water partition coefficient (Wildman–Crippen LogP) is 2.04. The van der Waals surface area contributed by atoms with Crippen molar-refractivity contribution in [1.29, 1.82) is 0 Å². The Hall–Kier alpha value is -3.60. The number of methoxy groups -OCH3 is 1. The smallest absolute Gasteiger partial charge is 0.241 e. The third-order valence-corrected chi connectivity index (χ3v) is 7.67. The summed E-state index contributed by atoms with van der Waals surface area (Å²) in [5.74, 6) is 1.28. The van der Waals surface area contributed by atoms with E-state index in [1.54, 1.807) is 11.8 Å². The summed E-state index contributed by atoms with van der Waals surface area (Å²) >= 11 is 0. The van der Waals surface area contributed by atoms with Crippen LogP contribution >= 0.6 is 0 Å². The molecule has 0 unspecified atom stereocenters. The topological polar surface area (TPSA) is 109 Å². The summed E-state index contributed by atoms with van der Waals surface area (Å²) in [6.45, 7) is 8.19. The molecule has 1 fully saturated rings. The molecule has 1 aromatic carbocycles. The molecule has 10 nitrogen and oxygen atoms in total. The van der Waals surface area contributed by atoms with E-state index in [1.807, 2.05) is 45.4 Å². The zero-order valence-electron chi connectivity index (χ0n) is 23.1. The van der Waals surface area contributed by atoms with Crippen LogP contribution in [0.1, 0.15) is 40.7 Å². The summed E-state index contributed by atoms with van der Waals surface area (Å²) in [5, 5.41) is 16.7. The van der Waals surface area contributed by atoms with Crippen molar-refractivity contribution in [3.63, 3.8) is 0 Å². The van der Waals surface area contributed by atoms with Crippen molar-refractivity contribution >= 4 is 17.2 Å². The van der Waals surface area contributed by atoms with Crippen LogP contribution in [0.15, 0.2) is 36.7 Å². The molecule has 1 aliphatic carbocycles. The standard InChI is InChI=1S/C29H37N7O3/c1-19-17-30-26(16-21-18-34(3)33-29(21)39-4)32-27(19)24-9-8-23-22(24)6-5-7-25(23)31-28(38)20(2)36-12-10-35(11-13-36)14-15-37/h5-7,9,17-18,20,37H,8,10-16H2,1-4H3,(H,31,38)/t20-/m1/s1. The van der Waals surface area contributed by atoms with Gasteiger partial charge >= 0.3 is 0 Å². The molecule has 0 saturated carbocycles. The van der Waals surface area contributed by atoms with Gasteiger partial charge in [0.25, 0.3) is 0 Å². The number of aryl methyl sites for hydroxylation is 2. The summed E-state index contributed by atoms with van der Waals surface area (Å²) in [4.78, 5) is 27.2. The van der Waals surface area contributed by atoms with Gasteiger partial charge in [-0.3, -0.25) is 19.3 Å². The van der Waals surface area contributed by atoms with Crippen LogP contribution in [-0.4, -0.2) is 93.0 Å². The largest absolute Gasteiger partial charge is 0.480 e. The number of anilines is 1. The van der Waals surface area contributed by atoms with Crippen LogP contribution in [0.4, 0.5) is 5.69 Å². The minimum atomic E-state index is -0.234. The number of aliphatic hydroxyl groups is 1. The number of aliphatic hydroxyl groups excluding tert-OH is 1. The number of allylic oxidation sites excluding steroid dienone is 1. The van der Waals surface area contributed by atoms with Gasteiger partial charge in [0.1, 0.15) is 5.82 Å². The minimum absolute atomic E-state index is 0.00150. The van der Waals surface area contributed by atoms with Crippen LogP contribution in [0.5, 0.6) is 5.88 Å². The number of fused-ring (bicyclic) bond motifs is 1. The molecule has 1 atom stereocenters. The highest BCUT2D eigenvalue weighted by molar-refractivity contribution is 5.97. The highest BCUT2D eigenvalue weighted by atomic mass is 16.5. The number of nitrogens with zero attached hydrogens (tertiary/aromatic N) is 6. The van der Waals surface area contributed by atoms with Crippen LogP contribution in [0.25, 0.3) is 5.57 Å². The maximum atomic E-state index is 13.2. The molecule has 0 bridgehead atoms. The number of amides is 1. The average Bonchev–Trinajstić information content (AvgIpc) is 3.53.